The maximum atomic E-state index is 12.5. The van der Waals surface area contributed by atoms with Crippen LogP contribution in [-0.4, -0.2) is 16.1 Å². The molecule has 0 saturated heterocycles. The molecule has 3 aromatic rings. The minimum Gasteiger partial charge on any atom is -0.325 e. The molecular weight excluding hydrogens is 324 g/mol. The van der Waals surface area contributed by atoms with E-state index in [0.717, 1.165) is 31.4 Å². The standard InChI is InChI=1S/C18H18N2OS2/c1-11-7-6-8-12(2)16(11)20-17(21)13(3)22-18-19-14-9-4-5-10-15(14)23-18/h4-10,13H,1-3H3,(H,20,21). The predicted octanol–water partition coefficient (Wildman–Crippen LogP) is 5.03. The van der Waals surface area contributed by atoms with Gasteiger partial charge in [0.15, 0.2) is 4.34 Å². The number of hydrogen-bond donors (Lipinski definition) is 1. The molecule has 2 aromatic carbocycles. The Balaban J connectivity index is 1.72. The third-order valence-electron chi connectivity index (χ3n) is 3.65. The number of nitrogens with zero attached hydrogens (tertiary/aromatic N) is 1. The van der Waals surface area contributed by atoms with E-state index in [0.29, 0.717) is 0 Å². The summed E-state index contributed by atoms with van der Waals surface area (Å²) in [6.45, 7) is 5.93. The van der Waals surface area contributed by atoms with Crippen LogP contribution in [0.5, 0.6) is 0 Å². The summed E-state index contributed by atoms with van der Waals surface area (Å²) < 4.78 is 2.08. The van der Waals surface area contributed by atoms with Crippen molar-refractivity contribution in [2.75, 3.05) is 5.32 Å². The Bertz CT molecular complexity index is 804. The zero-order valence-corrected chi connectivity index (χ0v) is 14.9. The van der Waals surface area contributed by atoms with Crippen molar-refractivity contribution in [1.29, 1.82) is 0 Å². The monoisotopic (exact) mass is 342 g/mol. The third-order valence-corrected chi connectivity index (χ3v) is 5.88. The first kappa shape index (κ1) is 16.0. The molecule has 3 rings (SSSR count). The lowest BCUT2D eigenvalue weighted by Crippen LogP contribution is -2.23. The first-order valence-electron chi connectivity index (χ1n) is 7.44. The molecule has 1 N–H and O–H groups in total. The van der Waals surface area contributed by atoms with Crippen molar-refractivity contribution in [2.45, 2.75) is 30.4 Å². The highest BCUT2D eigenvalue weighted by Crippen LogP contribution is 2.32. The van der Waals surface area contributed by atoms with E-state index in [-0.39, 0.29) is 11.2 Å². The molecule has 1 amide bonds. The van der Waals surface area contributed by atoms with Crippen molar-refractivity contribution in [3.63, 3.8) is 0 Å². The highest BCUT2D eigenvalue weighted by Gasteiger charge is 2.18. The lowest BCUT2D eigenvalue weighted by molar-refractivity contribution is -0.115. The van der Waals surface area contributed by atoms with Crippen molar-refractivity contribution in [1.82, 2.24) is 4.98 Å². The Morgan fingerprint density at radius 2 is 1.83 bits per heavy atom. The zero-order chi connectivity index (χ0) is 16.4. The van der Waals surface area contributed by atoms with Crippen LogP contribution in [0.15, 0.2) is 46.8 Å². The van der Waals surface area contributed by atoms with Gasteiger partial charge in [0.2, 0.25) is 5.91 Å². The van der Waals surface area contributed by atoms with Gasteiger partial charge in [-0.1, -0.05) is 42.1 Å². The van der Waals surface area contributed by atoms with Crippen LogP contribution in [0.25, 0.3) is 10.2 Å². The largest absolute Gasteiger partial charge is 0.325 e. The van der Waals surface area contributed by atoms with Crippen molar-refractivity contribution >= 4 is 44.9 Å². The molecule has 0 bridgehead atoms. The van der Waals surface area contributed by atoms with Gasteiger partial charge >= 0.3 is 0 Å². The molecule has 1 aromatic heterocycles. The van der Waals surface area contributed by atoms with Gasteiger partial charge in [0.05, 0.1) is 15.5 Å². The fourth-order valence-corrected chi connectivity index (χ4v) is 4.55. The smallest absolute Gasteiger partial charge is 0.237 e. The number of hydrogen-bond acceptors (Lipinski definition) is 4. The molecule has 0 spiro atoms. The number of carbonyl (C=O) groups is 1. The van der Waals surface area contributed by atoms with Crippen molar-refractivity contribution < 1.29 is 4.79 Å². The summed E-state index contributed by atoms with van der Waals surface area (Å²) in [4.78, 5) is 17.1. The Labute approximate surface area is 144 Å². The molecule has 1 unspecified atom stereocenters. The van der Waals surface area contributed by atoms with E-state index in [1.807, 2.05) is 57.2 Å². The minimum atomic E-state index is -0.199. The number of thioether (sulfide) groups is 1. The number of nitrogens with one attached hydrogen (secondary N) is 1. The maximum Gasteiger partial charge on any atom is 0.237 e. The number of rotatable bonds is 4. The number of fused-ring (bicyclic) bond motifs is 1. The molecule has 0 aliphatic heterocycles. The molecule has 0 fully saturated rings. The number of benzene rings is 2. The quantitative estimate of drug-likeness (QED) is 0.676. The zero-order valence-electron chi connectivity index (χ0n) is 13.3. The van der Waals surface area contributed by atoms with Crippen molar-refractivity contribution in [2.24, 2.45) is 0 Å². The SMILES string of the molecule is Cc1cccc(C)c1NC(=O)C(C)Sc1nc2ccccc2s1. The van der Waals surface area contributed by atoms with Gasteiger partial charge in [0, 0.05) is 5.69 Å². The Morgan fingerprint density at radius 1 is 1.13 bits per heavy atom. The van der Waals surface area contributed by atoms with E-state index in [2.05, 4.69) is 16.4 Å². The second kappa shape index (κ2) is 6.72. The molecule has 0 aliphatic carbocycles. The predicted molar refractivity (Wildman–Crippen MR) is 99.5 cm³/mol. The van der Waals surface area contributed by atoms with Crippen LogP contribution < -0.4 is 5.32 Å². The minimum absolute atomic E-state index is 0.00616. The summed E-state index contributed by atoms with van der Waals surface area (Å²) in [6.07, 6.45) is 0. The number of aryl methyl sites for hydroxylation is 2. The van der Waals surface area contributed by atoms with E-state index < -0.39 is 0 Å². The van der Waals surface area contributed by atoms with Crippen LogP contribution in [0.3, 0.4) is 0 Å². The van der Waals surface area contributed by atoms with E-state index in [4.69, 9.17) is 0 Å². The molecule has 0 aliphatic rings. The summed E-state index contributed by atoms with van der Waals surface area (Å²) in [5.41, 5.74) is 4.06. The highest BCUT2D eigenvalue weighted by atomic mass is 32.2. The fourth-order valence-electron chi connectivity index (χ4n) is 2.34. The second-order valence-electron chi connectivity index (χ2n) is 5.46. The normalized spacial score (nSPS) is 12.3. The molecule has 0 radical (unpaired) electrons. The van der Waals surface area contributed by atoms with E-state index >= 15 is 0 Å². The van der Waals surface area contributed by atoms with Gasteiger partial charge < -0.3 is 5.32 Å². The number of thiazole rings is 1. The van der Waals surface area contributed by atoms with Gasteiger partial charge in [-0.3, -0.25) is 4.79 Å². The van der Waals surface area contributed by atoms with Crippen molar-refractivity contribution in [3.05, 3.63) is 53.6 Å². The Morgan fingerprint density at radius 3 is 2.52 bits per heavy atom. The lowest BCUT2D eigenvalue weighted by Gasteiger charge is -2.14. The molecule has 0 saturated carbocycles. The van der Waals surface area contributed by atoms with Gasteiger partial charge in [0.25, 0.3) is 0 Å². The molecule has 1 heterocycles. The van der Waals surface area contributed by atoms with Gasteiger partial charge in [0.1, 0.15) is 0 Å². The average Bonchev–Trinajstić information content (AvgIpc) is 2.93. The van der Waals surface area contributed by atoms with Crippen LogP contribution >= 0.6 is 23.1 Å². The Kier molecular flexibility index (Phi) is 4.68. The molecule has 1 atom stereocenters. The molecule has 118 valence electrons. The highest BCUT2D eigenvalue weighted by molar-refractivity contribution is 8.02. The number of para-hydroxylation sites is 2. The van der Waals surface area contributed by atoms with Crippen LogP contribution in [0.4, 0.5) is 5.69 Å². The summed E-state index contributed by atoms with van der Waals surface area (Å²) in [6, 6.07) is 14.1. The van der Waals surface area contributed by atoms with Gasteiger partial charge in [-0.2, -0.15) is 0 Å². The maximum absolute atomic E-state index is 12.5. The summed E-state index contributed by atoms with van der Waals surface area (Å²) >= 11 is 3.13. The van der Waals surface area contributed by atoms with Crippen LogP contribution in [-0.2, 0) is 4.79 Å². The number of amides is 1. The lowest BCUT2D eigenvalue weighted by atomic mass is 10.1. The molecule has 5 heteroatoms. The number of carbonyl (C=O) groups excluding carboxylic acids is 1. The van der Waals surface area contributed by atoms with E-state index in [1.165, 1.54) is 11.8 Å². The fraction of sp³-hybridized carbons (Fsp3) is 0.222. The summed E-state index contributed by atoms with van der Waals surface area (Å²) in [5.74, 6) is 0.00616. The summed E-state index contributed by atoms with van der Waals surface area (Å²) in [7, 11) is 0. The van der Waals surface area contributed by atoms with Crippen LogP contribution in [0.2, 0.25) is 0 Å². The first-order valence-corrected chi connectivity index (χ1v) is 9.13. The molecule has 3 nitrogen and oxygen atoms in total. The Hall–Kier alpha value is -1.85. The van der Waals surface area contributed by atoms with Gasteiger partial charge in [-0.15, -0.1) is 11.3 Å². The third kappa shape index (κ3) is 3.57. The number of aromatic nitrogens is 1. The molecule has 23 heavy (non-hydrogen) atoms. The van der Waals surface area contributed by atoms with E-state index in [1.54, 1.807) is 11.3 Å². The molecular formula is C18H18N2OS2. The topological polar surface area (TPSA) is 42.0 Å². The average molecular weight is 342 g/mol. The van der Waals surface area contributed by atoms with Crippen LogP contribution in [0.1, 0.15) is 18.1 Å². The number of anilines is 1. The van der Waals surface area contributed by atoms with Crippen LogP contribution in [0, 0.1) is 13.8 Å². The summed E-state index contributed by atoms with van der Waals surface area (Å²) in [5, 5.41) is 2.85. The van der Waals surface area contributed by atoms with Gasteiger partial charge in [-0.05, 0) is 44.0 Å². The first-order chi connectivity index (χ1) is 11.0. The van der Waals surface area contributed by atoms with Crippen molar-refractivity contribution in [3.8, 4) is 0 Å². The second-order valence-corrected chi connectivity index (χ2v) is 8.08. The van der Waals surface area contributed by atoms with E-state index in [9.17, 15) is 4.79 Å². The van der Waals surface area contributed by atoms with Gasteiger partial charge in [-0.25, -0.2) is 4.98 Å².